The van der Waals surface area contributed by atoms with E-state index in [2.05, 4.69) is 23.9 Å². The maximum Gasteiger partial charge on any atom is 0.105 e. The van der Waals surface area contributed by atoms with E-state index >= 15 is 0 Å². The van der Waals surface area contributed by atoms with Gasteiger partial charge in [-0.2, -0.15) is 0 Å². The highest BCUT2D eigenvalue weighted by Gasteiger charge is 1.99. The third kappa shape index (κ3) is 7.50. The normalized spacial score (nSPS) is 11.1. The second-order valence-electron chi connectivity index (χ2n) is 3.42. The zero-order chi connectivity index (χ0) is 9.56. The molecule has 0 aliphatic heterocycles. The molecule has 0 aliphatic carbocycles. The van der Waals surface area contributed by atoms with E-state index in [0.717, 1.165) is 19.5 Å². The predicted octanol–water partition coefficient (Wildman–Crippen LogP) is -0.194. The Kier molecular flexibility index (Phi) is 5.66. The minimum absolute atomic E-state index is 0.238. The molecule has 12 heavy (non-hydrogen) atoms. The highest BCUT2D eigenvalue weighted by molar-refractivity contribution is 5.78. The first-order valence-corrected chi connectivity index (χ1v) is 4.18. The van der Waals surface area contributed by atoms with Gasteiger partial charge in [-0.25, -0.2) is 0 Å². The van der Waals surface area contributed by atoms with Gasteiger partial charge in [0.25, 0.3) is 0 Å². The standard InChI is InChI=1S/C8H20N4/c1-11(2)5-4-6-12(3)7-8(9)10/h4-7H2,1-3H3,(H3,9,10). The van der Waals surface area contributed by atoms with Crippen molar-refractivity contribution in [1.29, 1.82) is 5.41 Å². The molecule has 0 fully saturated rings. The number of hydrogen-bond donors (Lipinski definition) is 2. The van der Waals surface area contributed by atoms with Crippen LogP contribution >= 0.6 is 0 Å². The molecule has 0 bridgehead atoms. The summed E-state index contributed by atoms with van der Waals surface area (Å²) in [5.41, 5.74) is 5.26. The summed E-state index contributed by atoms with van der Waals surface area (Å²) in [7, 11) is 6.10. The van der Waals surface area contributed by atoms with Crippen LogP contribution in [0.15, 0.2) is 0 Å². The third-order valence-electron chi connectivity index (χ3n) is 1.59. The van der Waals surface area contributed by atoms with Gasteiger partial charge >= 0.3 is 0 Å². The SMILES string of the molecule is CN(C)CCCN(C)CC(=N)N. The number of hydrogen-bond acceptors (Lipinski definition) is 3. The first-order chi connectivity index (χ1) is 5.52. The third-order valence-corrected chi connectivity index (χ3v) is 1.59. The molecule has 4 heteroatoms. The summed E-state index contributed by atoms with van der Waals surface area (Å²) in [6, 6.07) is 0. The molecular weight excluding hydrogens is 152 g/mol. The Hall–Kier alpha value is -0.610. The van der Waals surface area contributed by atoms with E-state index in [1.54, 1.807) is 0 Å². The second kappa shape index (κ2) is 5.97. The first kappa shape index (κ1) is 11.4. The van der Waals surface area contributed by atoms with Crippen molar-refractivity contribution in [3.05, 3.63) is 0 Å². The predicted molar refractivity (Wildman–Crippen MR) is 52.6 cm³/mol. The molecule has 0 saturated heterocycles. The van der Waals surface area contributed by atoms with Gasteiger partial charge in [0.1, 0.15) is 5.84 Å². The highest BCUT2D eigenvalue weighted by Crippen LogP contribution is 1.88. The monoisotopic (exact) mass is 172 g/mol. The summed E-state index contributed by atoms with van der Waals surface area (Å²) in [6.07, 6.45) is 1.12. The zero-order valence-corrected chi connectivity index (χ0v) is 8.30. The van der Waals surface area contributed by atoms with Crippen LogP contribution in [0.1, 0.15) is 6.42 Å². The summed E-state index contributed by atoms with van der Waals surface area (Å²) in [4.78, 5) is 4.22. The zero-order valence-electron chi connectivity index (χ0n) is 8.30. The molecule has 3 N–H and O–H groups in total. The second-order valence-corrected chi connectivity index (χ2v) is 3.42. The van der Waals surface area contributed by atoms with Crippen LogP contribution in [0.5, 0.6) is 0 Å². The van der Waals surface area contributed by atoms with Crippen LogP contribution in [-0.4, -0.2) is 56.4 Å². The van der Waals surface area contributed by atoms with Gasteiger partial charge in [-0.3, -0.25) is 10.3 Å². The number of nitrogens with zero attached hydrogens (tertiary/aromatic N) is 2. The van der Waals surface area contributed by atoms with E-state index in [9.17, 15) is 0 Å². The van der Waals surface area contributed by atoms with Crippen LogP contribution in [0.4, 0.5) is 0 Å². The summed E-state index contributed by atoms with van der Waals surface area (Å²) in [5.74, 6) is 0.238. The van der Waals surface area contributed by atoms with E-state index in [0.29, 0.717) is 6.54 Å². The van der Waals surface area contributed by atoms with Gasteiger partial charge in [-0.05, 0) is 40.7 Å². The van der Waals surface area contributed by atoms with Crippen LogP contribution in [-0.2, 0) is 0 Å². The quantitative estimate of drug-likeness (QED) is 0.431. The lowest BCUT2D eigenvalue weighted by Crippen LogP contribution is -2.32. The molecule has 0 aromatic carbocycles. The van der Waals surface area contributed by atoms with Crippen molar-refractivity contribution in [1.82, 2.24) is 9.80 Å². The molecule has 0 aliphatic rings. The summed E-state index contributed by atoms with van der Waals surface area (Å²) < 4.78 is 0. The molecule has 72 valence electrons. The summed E-state index contributed by atoms with van der Waals surface area (Å²) >= 11 is 0. The average Bonchev–Trinajstić information content (AvgIpc) is 1.84. The fourth-order valence-electron chi connectivity index (χ4n) is 1.03. The van der Waals surface area contributed by atoms with Crippen LogP contribution in [0.25, 0.3) is 0 Å². The van der Waals surface area contributed by atoms with E-state index < -0.39 is 0 Å². The minimum Gasteiger partial charge on any atom is -0.387 e. The van der Waals surface area contributed by atoms with Crippen molar-refractivity contribution < 1.29 is 0 Å². The Morgan fingerprint density at radius 3 is 2.25 bits per heavy atom. The molecule has 0 atom stereocenters. The number of rotatable bonds is 6. The lowest BCUT2D eigenvalue weighted by molar-refractivity contribution is 0.326. The molecule has 0 aromatic rings. The lowest BCUT2D eigenvalue weighted by Gasteiger charge is -2.16. The smallest absolute Gasteiger partial charge is 0.105 e. The lowest BCUT2D eigenvalue weighted by atomic mass is 10.3. The Labute approximate surface area is 74.8 Å². The fraction of sp³-hybridized carbons (Fsp3) is 0.875. The summed E-state index contributed by atoms with van der Waals surface area (Å²) in [6.45, 7) is 2.66. The van der Waals surface area contributed by atoms with Gasteiger partial charge in [-0.1, -0.05) is 0 Å². The number of likely N-dealkylation sites (N-methyl/N-ethyl adjacent to an activating group) is 1. The molecule has 0 aromatic heterocycles. The van der Waals surface area contributed by atoms with Crippen molar-refractivity contribution in [3.8, 4) is 0 Å². The molecule has 0 spiro atoms. The number of nitrogens with two attached hydrogens (primary N) is 1. The van der Waals surface area contributed by atoms with Crippen molar-refractivity contribution >= 4 is 5.84 Å². The maximum atomic E-state index is 7.07. The van der Waals surface area contributed by atoms with Crippen LogP contribution in [0.2, 0.25) is 0 Å². The van der Waals surface area contributed by atoms with E-state index in [1.807, 2.05) is 7.05 Å². The molecule has 0 heterocycles. The molecule has 0 amide bonds. The van der Waals surface area contributed by atoms with Crippen molar-refractivity contribution in [3.63, 3.8) is 0 Å². The van der Waals surface area contributed by atoms with Gasteiger partial charge in [0.05, 0.1) is 6.54 Å². The van der Waals surface area contributed by atoms with E-state index in [1.165, 1.54) is 0 Å². The molecule has 0 radical (unpaired) electrons. The van der Waals surface area contributed by atoms with Crippen molar-refractivity contribution in [2.24, 2.45) is 5.73 Å². The molecular formula is C8H20N4. The van der Waals surface area contributed by atoms with Gasteiger partial charge in [0, 0.05) is 0 Å². The van der Waals surface area contributed by atoms with Gasteiger partial charge in [0.15, 0.2) is 0 Å². The highest BCUT2D eigenvalue weighted by atomic mass is 15.1. The molecule has 0 saturated carbocycles. The number of nitrogens with one attached hydrogen (secondary N) is 1. The Morgan fingerprint density at radius 1 is 1.25 bits per heavy atom. The average molecular weight is 172 g/mol. The minimum atomic E-state index is 0.238. The summed E-state index contributed by atoms with van der Waals surface area (Å²) in [5, 5.41) is 7.07. The molecule has 0 rings (SSSR count). The van der Waals surface area contributed by atoms with Crippen LogP contribution < -0.4 is 5.73 Å². The van der Waals surface area contributed by atoms with Gasteiger partial charge in [-0.15, -0.1) is 0 Å². The Morgan fingerprint density at radius 2 is 1.83 bits per heavy atom. The van der Waals surface area contributed by atoms with Crippen LogP contribution in [0, 0.1) is 5.41 Å². The number of amidine groups is 1. The molecule has 0 unspecified atom stereocenters. The first-order valence-electron chi connectivity index (χ1n) is 4.18. The maximum absolute atomic E-state index is 7.07. The van der Waals surface area contributed by atoms with Crippen molar-refractivity contribution in [2.75, 3.05) is 40.8 Å². The Balaban J connectivity index is 3.31. The van der Waals surface area contributed by atoms with Crippen molar-refractivity contribution in [2.45, 2.75) is 6.42 Å². The fourth-order valence-corrected chi connectivity index (χ4v) is 1.03. The van der Waals surface area contributed by atoms with Gasteiger partial charge in [0.2, 0.25) is 0 Å². The molecule has 4 nitrogen and oxygen atoms in total. The topological polar surface area (TPSA) is 56.4 Å². The van der Waals surface area contributed by atoms with Gasteiger partial charge < -0.3 is 10.6 Å². The van der Waals surface area contributed by atoms with E-state index in [-0.39, 0.29) is 5.84 Å². The Bertz CT molecular complexity index is 133. The van der Waals surface area contributed by atoms with E-state index in [4.69, 9.17) is 11.1 Å². The largest absolute Gasteiger partial charge is 0.387 e. The van der Waals surface area contributed by atoms with Crippen LogP contribution in [0.3, 0.4) is 0 Å².